The molecule has 0 fully saturated rings. The van der Waals surface area contributed by atoms with Crippen molar-refractivity contribution in [2.75, 3.05) is 0 Å². The number of halogens is 1. The largest absolute Gasteiger partial charge is 2.00 e. The molecule has 0 rings (SSSR count). The van der Waals surface area contributed by atoms with E-state index in [4.69, 9.17) is 25.4 Å². The molecule has 0 saturated heterocycles. The van der Waals surface area contributed by atoms with Gasteiger partial charge in [0.15, 0.2) is 0 Å². The van der Waals surface area contributed by atoms with Gasteiger partial charge in [-0.15, -0.1) is 5.34 Å². The van der Waals surface area contributed by atoms with Crippen LogP contribution in [0.15, 0.2) is 5.34 Å². The van der Waals surface area contributed by atoms with Crippen molar-refractivity contribution in [3.8, 4) is 0 Å². The van der Waals surface area contributed by atoms with E-state index in [0.29, 0.717) is 0 Å². The second-order valence-electron chi connectivity index (χ2n) is 0.298. The maximum absolute atomic E-state index is 8.25. The topological polar surface area (TPSA) is 119 Å². The Bertz CT molecular complexity index is 64.7. The van der Waals surface area contributed by atoms with Crippen LogP contribution in [0.5, 0.6) is 0 Å². The molecule has 0 N–H and O–H groups in total. The minimum atomic E-state index is -1.75. The predicted molar refractivity (Wildman–Crippen MR) is 31.0 cm³/mol. The molecule has 0 aliphatic heterocycles. The van der Waals surface area contributed by atoms with Crippen LogP contribution in [0.4, 0.5) is 0 Å². The van der Waals surface area contributed by atoms with Gasteiger partial charge in [-0.25, -0.2) is 0 Å². The normalized spacial score (nSPS) is 3.60. The molecule has 7 nitrogen and oxygen atoms in total. The SMILES string of the molecule is O=N[O-].O=[N+]([O-])[O-].[Ca+2].[Ca+2].[Cl-]. The second kappa shape index (κ2) is 31.5. The van der Waals surface area contributed by atoms with E-state index in [1.807, 2.05) is 0 Å². The Morgan fingerprint density at radius 1 is 1.20 bits per heavy atom. The zero-order valence-electron chi connectivity index (χ0n) is 4.73. The average Bonchev–Trinajstić information content (AvgIpc) is 1.33. The van der Waals surface area contributed by atoms with Gasteiger partial charge in [-0.2, -0.15) is 0 Å². The summed E-state index contributed by atoms with van der Waals surface area (Å²) in [5.41, 5.74) is 0. The zero-order chi connectivity index (χ0) is 6.28. The number of rotatable bonds is 0. The van der Waals surface area contributed by atoms with E-state index in [1.54, 1.807) is 0 Å². The van der Waals surface area contributed by atoms with Crippen LogP contribution in [0.2, 0.25) is 0 Å². The molecule has 0 saturated carbocycles. The van der Waals surface area contributed by atoms with Crippen LogP contribution >= 0.6 is 0 Å². The standard InChI is InChI=1S/2Ca.ClH.NO3.HNO2/c;;;2-1(3)4;2-1-3/h;;1H;;(H,2,3)/q2*+2;;-1;/p-2. The molecule has 0 aliphatic rings. The smallest absolute Gasteiger partial charge is 1.00 e. The van der Waals surface area contributed by atoms with Gasteiger partial charge in [0, 0.05) is 0 Å². The van der Waals surface area contributed by atoms with Crippen LogP contribution in [-0.4, -0.2) is 80.6 Å². The predicted octanol–water partition coefficient (Wildman–Crippen LogP) is -3.75. The Kier molecular flexibility index (Phi) is 94.8. The summed E-state index contributed by atoms with van der Waals surface area (Å²) in [6, 6.07) is 0. The molecular weight excluding hydrogens is 224 g/mol. The summed E-state index contributed by atoms with van der Waals surface area (Å²) in [5, 5.41) is 23.8. The van der Waals surface area contributed by atoms with E-state index >= 15 is 0 Å². The summed E-state index contributed by atoms with van der Waals surface area (Å²) in [6.45, 7) is 0. The fourth-order valence-corrected chi connectivity index (χ4v) is 0. The van der Waals surface area contributed by atoms with Gasteiger partial charge in [-0.1, -0.05) is 0 Å². The van der Waals surface area contributed by atoms with Crippen LogP contribution in [0.25, 0.3) is 0 Å². The molecule has 0 aliphatic carbocycles. The molecule has 0 radical (unpaired) electrons. The Labute approximate surface area is 122 Å². The quantitative estimate of drug-likeness (QED) is 0.181. The monoisotopic (exact) mass is 223 g/mol. The summed E-state index contributed by atoms with van der Waals surface area (Å²) < 4.78 is 0. The third-order valence-corrected chi connectivity index (χ3v) is 0. The van der Waals surface area contributed by atoms with Crippen LogP contribution in [0.1, 0.15) is 0 Å². The Balaban J connectivity index is -0.0000000131. The summed E-state index contributed by atoms with van der Waals surface area (Å²) in [6.07, 6.45) is 0. The molecule has 0 spiro atoms. The van der Waals surface area contributed by atoms with Gasteiger partial charge in [-0.3, -0.25) is 0 Å². The maximum Gasteiger partial charge on any atom is 2.00 e. The van der Waals surface area contributed by atoms with Crippen LogP contribution in [0.3, 0.4) is 0 Å². The summed E-state index contributed by atoms with van der Waals surface area (Å²) in [7, 11) is 0. The molecule has 0 aromatic heterocycles. The molecule has 0 unspecified atom stereocenters. The van der Waals surface area contributed by atoms with Crippen molar-refractivity contribution in [3.63, 3.8) is 0 Å². The van der Waals surface area contributed by atoms with Crippen molar-refractivity contribution >= 4 is 75.5 Å². The molecule has 0 amide bonds. The van der Waals surface area contributed by atoms with E-state index in [2.05, 4.69) is 0 Å². The molecule has 10 heteroatoms. The second-order valence-corrected chi connectivity index (χ2v) is 0.298. The minimum absolute atomic E-state index is 0. The van der Waals surface area contributed by atoms with Crippen molar-refractivity contribution in [1.29, 1.82) is 0 Å². The third kappa shape index (κ3) is 335. The maximum atomic E-state index is 8.25. The van der Waals surface area contributed by atoms with Crippen molar-refractivity contribution in [2.24, 2.45) is 5.34 Å². The Morgan fingerprint density at radius 2 is 1.20 bits per heavy atom. The van der Waals surface area contributed by atoms with Gasteiger partial charge < -0.3 is 37.8 Å². The molecular formula is Ca2ClN2O5+. The van der Waals surface area contributed by atoms with E-state index < -0.39 is 5.09 Å². The first-order chi connectivity index (χ1) is 3.15. The molecule has 0 atom stereocenters. The fraction of sp³-hybridized carbons (Fsp3) is 0. The van der Waals surface area contributed by atoms with Gasteiger partial charge in [0.25, 0.3) is 0 Å². The van der Waals surface area contributed by atoms with Crippen LogP contribution < -0.4 is 12.4 Å². The van der Waals surface area contributed by atoms with Gasteiger partial charge in [0.2, 0.25) is 0 Å². The van der Waals surface area contributed by atoms with Crippen molar-refractivity contribution in [1.82, 2.24) is 0 Å². The van der Waals surface area contributed by atoms with E-state index in [-0.39, 0.29) is 87.9 Å². The fourth-order valence-electron chi connectivity index (χ4n) is 0. The summed E-state index contributed by atoms with van der Waals surface area (Å²) >= 11 is 0. The number of hydrogen-bond donors (Lipinski definition) is 0. The van der Waals surface area contributed by atoms with Crippen molar-refractivity contribution in [3.05, 3.63) is 25.4 Å². The summed E-state index contributed by atoms with van der Waals surface area (Å²) in [5.74, 6) is 0. The number of hydrogen-bond acceptors (Lipinski definition) is 6. The van der Waals surface area contributed by atoms with Crippen molar-refractivity contribution < 1.29 is 17.5 Å². The van der Waals surface area contributed by atoms with Gasteiger partial charge in [0.05, 0.1) is 5.09 Å². The van der Waals surface area contributed by atoms with Gasteiger partial charge in [0.1, 0.15) is 0 Å². The van der Waals surface area contributed by atoms with Gasteiger partial charge >= 0.3 is 75.5 Å². The van der Waals surface area contributed by atoms with E-state index in [9.17, 15) is 0 Å². The Morgan fingerprint density at radius 3 is 1.20 bits per heavy atom. The van der Waals surface area contributed by atoms with Gasteiger partial charge in [-0.05, 0) is 0 Å². The third-order valence-electron chi connectivity index (χ3n) is 0. The molecule has 0 heterocycles. The zero-order valence-corrected chi connectivity index (χ0v) is 9.90. The van der Waals surface area contributed by atoms with Crippen LogP contribution in [0, 0.1) is 25.4 Å². The van der Waals surface area contributed by atoms with E-state index in [1.165, 1.54) is 0 Å². The first-order valence-electron chi connectivity index (χ1n) is 0.913. The number of nitrogens with zero attached hydrogens (tertiary/aromatic N) is 2. The summed E-state index contributed by atoms with van der Waals surface area (Å²) in [4.78, 5) is 16.2. The minimum Gasteiger partial charge on any atom is -1.00 e. The average molecular weight is 224 g/mol. The molecule has 50 valence electrons. The van der Waals surface area contributed by atoms with Crippen LogP contribution in [-0.2, 0) is 0 Å². The molecule has 0 bridgehead atoms. The molecule has 0 aromatic carbocycles. The molecule has 0 aromatic rings. The Hall–Kier alpha value is 1.41. The first-order valence-corrected chi connectivity index (χ1v) is 0.913. The van der Waals surface area contributed by atoms with E-state index in [0.717, 1.165) is 5.34 Å². The first kappa shape index (κ1) is 30.1. The van der Waals surface area contributed by atoms with Crippen molar-refractivity contribution in [2.45, 2.75) is 0 Å². The molecule has 10 heavy (non-hydrogen) atoms.